The predicted octanol–water partition coefficient (Wildman–Crippen LogP) is 3.75. The fourth-order valence-corrected chi connectivity index (χ4v) is 6.13. The molecule has 1 saturated heterocycles. The van der Waals surface area contributed by atoms with E-state index in [1.807, 2.05) is 6.07 Å². The van der Waals surface area contributed by atoms with Gasteiger partial charge in [0.25, 0.3) is 0 Å². The van der Waals surface area contributed by atoms with Crippen molar-refractivity contribution in [3.05, 3.63) is 28.8 Å². The van der Waals surface area contributed by atoms with Crippen molar-refractivity contribution in [3.8, 4) is 5.75 Å². The second kappa shape index (κ2) is 6.02. The summed E-state index contributed by atoms with van der Waals surface area (Å²) in [6.07, 6.45) is 2.42. The van der Waals surface area contributed by atoms with Crippen molar-refractivity contribution in [2.45, 2.75) is 29.3 Å². The SMILES string of the molecule is COc1ccc(C(Br)C2CCCCS2(=O)=O)cc1Cl. The summed E-state index contributed by atoms with van der Waals surface area (Å²) in [6.45, 7) is 0. The van der Waals surface area contributed by atoms with Crippen LogP contribution in [-0.2, 0) is 9.84 Å². The molecule has 2 unspecified atom stereocenters. The lowest BCUT2D eigenvalue weighted by atomic mass is 10.0. The molecule has 106 valence electrons. The van der Waals surface area contributed by atoms with Gasteiger partial charge in [0.1, 0.15) is 5.75 Å². The fourth-order valence-electron chi connectivity index (χ4n) is 2.38. The highest BCUT2D eigenvalue weighted by molar-refractivity contribution is 9.09. The maximum absolute atomic E-state index is 12.1. The molecular formula is C13H16BrClO3S. The molecule has 0 saturated carbocycles. The molecule has 0 amide bonds. The van der Waals surface area contributed by atoms with E-state index in [0.29, 0.717) is 17.2 Å². The van der Waals surface area contributed by atoms with Gasteiger partial charge in [-0.2, -0.15) is 0 Å². The Labute approximate surface area is 127 Å². The van der Waals surface area contributed by atoms with Crippen LogP contribution in [0.25, 0.3) is 0 Å². The van der Waals surface area contributed by atoms with Crippen LogP contribution in [0.15, 0.2) is 18.2 Å². The van der Waals surface area contributed by atoms with Gasteiger partial charge in [-0.1, -0.05) is 40.0 Å². The third-order valence-electron chi connectivity index (χ3n) is 3.45. The largest absolute Gasteiger partial charge is 0.495 e. The second-order valence-electron chi connectivity index (χ2n) is 4.70. The zero-order valence-corrected chi connectivity index (χ0v) is 13.8. The maximum atomic E-state index is 12.1. The van der Waals surface area contributed by atoms with Gasteiger partial charge in [-0.05, 0) is 30.5 Å². The fraction of sp³-hybridized carbons (Fsp3) is 0.538. The summed E-state index contributed by atoms with van der Waals surface area (Å²) in [5.41, 5.74) is 0.876. The van der Waals surface area contributed by atoms with E-state index in [1.165, 1.54) is 0 Å². The van der Waals surface area contributed by atoms with Crippen molar-refractivity contribution in [2.24, 2.45) is 0 Å². The predicted molar refractivity (Wildman–Crippen MR) is 81.1 cm³/mol. The number of sulfone groups is 1. The third-order valence-corrected chi connectivity index (χ3v) is 7.55. The highest BCUT2D eigenvalue weighted by Gasteiger charge is 2.35. The molecule has 0 spiro atoms. The molecule has 0 radical (unpaired) electrons. The summed E-state index contributed by atoms with van der Waals surface area (Å²) in [6, 6.07) is 5.39. The zero-order valence-electron chi connectivity index (χ0n) is 10.6. The van der Waals surface area contributed by atoms with Crippen molar-refractivity contribution in [1.29, 1.82) is 0 Å². The first kappa shape index (κ1) is 15.1. The number of hydrogen-bond donors (Lipinski definition) is 0. The number of ether oxygens (including phenoxy) is 1. The number of hydrogen-bond acceptors (Lipinski definition) is 3. The van der Waals surface area contributed by atoms with Gasteiger partial charge in [0.2, 0.25) is 0 Å². The maximum Gasteiger partial charge on any atom is 0.154 e. The molecule has 1 fully saturated rings. The topological polar surface area (TPSA) is 43.4 Å². The van der Waals surface area contributed by atoms with Crippen LogP contribution in [0.5, 0.6) is 5.75 Å². The van der Waals surface area contributed by atoms with Crippen LogP contribution in [0.1, 0.15) is 29.7 Å². The van der Waals surface area contributed by atoms with Crippen LogP contribution < -0.4 is 4.74 Å². The molecular weight excluding hydrogens is 352 g/mol. The van der Waals surface area contributed by atoms with Gasteiger partial charge in [-0.3, -0.25) is 0 Å². The average Bonchev–Trinajstić information content (AvgIpc) is 2.37. The van der Waals surface area contributed by atoms with Crippen LogP contribution in [0.2, 0.25) is 5.02 Å². The Morgan fingerprint density at radius 2 is 2.16 bits per heavy atom. The standard InChI is InChI=1S/C13H16BrClO3S/c1-18-11-6-5-9(8-10(11)15)13(14)12-4-2-3-7-19(12,16)17/h5-6,8,12-13H,2-4,7H2,1H3. The Balaban J connectivity index is 2.28. The van der Waals surface area contributed by atoms with E-state index in [-0.39, 0.29) is 15.8 Å². The summed E-state index contributed by atoms with van der Waals surface area (Å²) in [5.74, 6) is 0.875. The Kier molecular flexibility index (Phi) is 4.79. The summed E-state index contributed by atoms with van der Waals surface area (Å²) < 4.78 is 29.3. The highest BCUT2D eigenvalue weighted by atomic mass is 79.9. The number of halogens is 2. The van der Waals surface area contributed by atoms with Gasteiger partial charge in [-0.15, -0.1) is 0 Å². The summed E-state index contributed by atoms with van der Waals surface area (Å²) >= 11 is 9.61. The molecule has 0 aromatic heterocycles. The third kappa shape index (κ3) is 3.26. The average molecular weight is 368 g/mol. The van der Waals surface area contributed by atoms with E-state index >= 15 is 0 Å². The Morgan fingerprint density at radius 3 is 2.74 bits per heavy atom. The van der Waals surface area contributed by atoms with E-state index < -0.39 is 9.84 Å². The minimum Gasteiger partial charge on any atom is -0.495 e. The van der Waals surface area contributed by atoms with E-state index in [2.05, 4.69) is 15.9 Å². The smallest absolute Gasteiger partial charge is 0.154 e. The van der Waals surface area contributed by atoms with E-state index in [4.69, 9.17) is 16.3 Å². The van der Waals surface area contributed by atoms with Gasteiger partial charge in [0.05, 0.1) is 28.0 Å². The van der Waals surface area contributed by atoms with Gasteiger partial charge < -0.3 is 4.74 Å². The van der Waals surface area contributed by atoms with Gasteiger partial charge >= 0.3 is 0 Å². The van der Waals surface area contributed by atoms with Crippen molar-refractivity contribution >= 4 is 37.4 Å². The van der Waals surface area contributed by atoms with Crippen molar-refractivity contribution in [2.75, 3.05) is 12.9 Å². The van der Waals surface area contributed by atoms with E-state index in [0.717, 1.165) is 18.4 Å². The lowest BCUT2D eigenvalue weighted by molar-refractivity contribution is 0.415. The van der Waals surface area contributed by atoms with E-state index in [1.54, 1.807) is 19.2 Å². The van der Waals surface area contributed by atoms with Crippen LogP contribution in [0.4, 0.5) is 0 Å². The molecule has 2 rings (SSSR count). The molecule has 19 heavy (non-hydrogen) atoms. The molecule has 6 heteroatoms. The lowest BCUT2D eigenvalue weighted by Gasteiger charge is -2.27. The molecule has 0 aliphatic carbocycles. The Morgan fingerprint density at radius 1 is 1.42 bits per heavy atom. The number of alkyl halides is 1. The van der Waals surface area contributed by atoms with Gasteiger partial charge in [0, 0.05) is 0 Å². The molecule has 3 nitrogen and oxygen atoms in total. The van der Waals surface area contributed by atoms with Crippen molar-refractivity contribution < 1.29 is 13.2 Å². The first-order valence-electron chi connectivity index (χ1n) is 6.15. The first-order chi connectivity index (χ1) is 8.95. The van der Waals surface area contributed by atoms with Crippen molar-refractivity contribution in [3.63, 3.8) is 0 Å². The minimum atomic E-state index is -3.02. The molecule has 1 aromatic rings. The van der Waals surface area contributed by atoms with E-state index in [9.17, 15) is 8.42 Å². The van der Waals surface area contributed by atoms with Crippen LogP contribution >= 0.6 is 27.5 Å². The molecule has 0 bridgehead atoms. The zero-order chi connectivity index (χ0) is 14.0. The Hall–Kier alpha value is -0.260. The van der Waals surface area contributed by atoms with Crippen molar-refractivity contribution in [1.82, 2.24) is 0 Å². The second-order valence-corrected chi connectivity index (χ2v) is 8.43. The number of methoxy groups -OCH3 is 1. The molecule has 1 aromatic carbocycles. The molecule has 2 atom stereocenters. The summed E-state index contributed by atoms with van der Waals surface area (Å²) in [5, 5.41) is 0.128. The molecule has 1 aliphatic heterocycles. The summed E-state index contributed by atoms with van der Waals surface area (Å²) in [7, 11) is -1.47. The summed E-state index contributed by atoms with van der Waals surface area (Å²) in [4.78, 5) is -0.221. The number of rotatable bonds is 3. The Bertz CT molecular complexity index is 559. The molecule has 0 N–H and O–H groups in total. The van der Waals surface area contributed by atoms with Gasteiger partial charge in [0.15, 0.2) is 9.84 Å². The number of benzene rings is 1. The monoisotopic (exact) mass is 366 g/mol. The molecule has 1 heterocycles. The van der Waals surface area contributed by atoms with Crippen LogP contribution in [0.3, 0.4) is 0 Å². The normalized spacial score (nSPS) is 23.8. The lowest BCUT2D eigenvalue weighted by Crippen LogP contribution is -2.31. The van der Waals surface area contributed by atoms with Gasteiger partial charge in [-0.25, -0.2) is 8.42 Å². The molecule has 1 aliphatic rings. The minimum absolute atomic E-state index is 0.221. The van der Waals surface area contributed by atoms with Crippen LogP contribution in [0, 0.1) is 0 Å². The first-order valence-corrected chi connectivity index (χ1v) is 9.15. The van der Waals surface area contributed by atoms with Crippen LogP contribution in [-0.4, -0.2) is 26.5 Å². The quantitative estimate of drug-likeness (QED) is 0.764. The highest BCUT2D eigenvalue weighted by Crippen LogP contribution is 2.39.